The minimum Gasteiger partial charge on any atom is -0.378 e. The Morgan fingerprint density at radius 3 is 2.56 bits per heavy atom. The van der Waals surface area contributed by atoms with E-state index < -0.39 is 17.5 Å². The molecule has 0 heterocycles. The third kappa shape index (κ3) is 2.76. The summed E-state index contributed by atoms with van der Waals surface area (Å²) in [6.45, 7) is 0.0450. The Morgan fingerprint density at radius 1 is 1.06 bits per heavy atom. The molecular formula is C13H9ClF3N. The molecule has 0 aromatic heterocycles. The lowest BCUT2D eigenvalue weighted by Gasteiger charge is -2.09. The van der Waals surface area contributed by atoms with Crippen molar-refractivity contribution in [2.45, 2.75) is 6.54 Å². The van der Waals surface area contributed by atoms with Crippen LogP contribution < -0.4 is 5.32 Å². The summed E-state index contributed by atoms with van der Waals surface area (Å²) in [5, 5.41) is 2.69. The molecule has 0 aliphatic heterocycles. The minimum absolute atomic E-state index is 0.0143. The van der Waals surface area contributed by atoms with Crippen molar-refractivity contribution in [1.82, 2.24) is 0 Å². The predicted molar refractivity (Wildman–Crippen MR) is 65.1 cm³/mol. The van der Waals surface area contributed by atoms with E-state index in [9.17, 15) is 13.2 Å². The van der Waals surface area contributed by atoms with Crippen molar-refractivity contribution in [3.8, 4) is 0 Å². The summed E-state index contributed by atoms with van der Waals surface area (Å²) in [6.07, 6.45) is 0. The molecule has 0 spiro atoms. The van der Waals surface area contributed by atoms with Crippen molar-refractivity contribution in [3.05, 3.63) is 64.4 Å². The van der Waals surface area contributed by atoms with Crippen LogP contribution in [0.5, 0.6) is 0 Å². The Hall–Kier alpha value is -1.68. The molecule has 0 fully saturated rings. The molecule has 0 atom stereocenters. The highest BCUT2D eigenvalue weighted by Crippen LogP contribution is 2.22. The van der Waals surface area contributed by atoms with Gasteiger partial charge in [0.05, 0.1) is 10.7 Å². The number of halogens is 4. The fourth-order valence-electron chi connectivity index (χ4n) is 1.50. The molecule has 0 aliphatic carbocycles. The average molecular weight is 272 g/mol. The lowest BCUT2D eigenvalue weighted by molar-refractivity contribution is 0.573. The summed E-state index contributed by atoms with van der Waals surface area (Å²) in [5.74, 6) is -1.92. The second kappa shape index (κ2) is 5.31. The van der Waals surface area contributed by atoms with E-state index in [1.807, 2.05) is 0 Å². The van der Waals surface area contributed by atoms with E-state index >= 15 is 0 Å². The maximum absolute atomic E-state index is 13.5. The van der Waals surface area contributed by atoms with Gasteiger partial charge in [-0.1, -0.05) is 23.7 Å². The van der Waals surface area contributed by atoms with Gasteiger partial charge in [-0.05, 0) is 18.2 Å². The van der Waals surface area contributed by atoms with E-state index in [0.29, 0.717) is 0 Å². The van der Waals surface area contributed by atoms with Gasteiger partial charge < -0.3 is 5.32 Å². The van der Waals surface area contributed by atoms with E-state index in [4.69, 9.17) is 11.6 Å². The highest BCUT2D eigenvalue weighted by molar-refractivity contribution is 6.31. The third-order valence-electron chi connectivity index (χ3n) is 2.44. The molecule has 0 saturated carbocycles. The van der Waals surface area contributed by atoms with Crippen molar-refractivity contribution in [3.63, 3.8) is 0 Å². The SMILES string of the molecule is Fc1ccc(CNc2cccc(Cl)c2F)c(F)c1. The molecule has 2 rings (SSSR count). The van der Waals surface area contributed by atoms with E-state index in [-0.39, 0.29) is 22.8 Å². The van der Waals surface area contributed by atoms with Crippen molar-refractivity contribution in [2.24, 2.45) is 0 Å². The summed E-state index contributed by atoms with van der Waals surface area (Å²) < 4.78 is 39.5. The van der Waals surface area contributed by atoms with Crippen LogP contribution >= 0.6 is 11.6 Å². The van der Waals surface area contributed by atoms with Crippen LogP contribution in [0.1, 0.15) is 5.56 Å². The number of hydrogen-bond acceptors (Lipinski definition) is 1. The molecule has 2 aromatic rings. The molecule has 2 aromatic carbocycles. The van der Waals surface area contributed by atoms with E-state index in [2.05, 4.69) is 5.32 Å². The van der Waals surface area contributed by atoms with Gasteiger partial charge in [0.1, 0.15) is 11.6 Å². The molecule has 0 bridgehead atoms. The Labute approximate surface area is 107 Å². The van der Waals surface area contributed by atoms with Crippen LogP contribution in [0, 0.1) is 17.5 Å². The summed E-state index contributed by atoms with van der Waals surface area (Å²) in [5.41, 5.74) is 0.419. The smallest absolute Gasteiger partial charge is 0.164 e. The normalized spacial score (nSPS) is 10.4. The van der Waals surface area contributed by atoms with Gasteiger partial charge in [-0.25, -0.2) is 13.2 Å². The predicted octanol–water partition coefficient (Wildman–Crippen LogP) is 4.37. The summed E-state index contributed by atoms with van der Waals surface area (Å²) in [6, 6.07) is 7.72. The average Bonchev–Trinajstić information content (AvgIpc) is 2.33. The van der Waals surface area contributed by atoms with E-state index in [0.717, 1.165) is 12.1 Å². The van der Waals surface area contributed by atoms with Crippen LogP contribution in [-0.2, 0) is 6.54 Å². The second-order valence-electron chi connectivity index (χ2n) is 3.69. The number of benzene rings is 2. The van der Waals surface area contributed by atoms with Gasteiger partial charge in [-0.2, -0.15) is 0 Å². The van der Waals surface area contributed by atoms with Gasteiger partial charge in [-0.15, -0.1) is 0 Å². The largest absolute Gasteiger partial charge is 0.378 e. The molecule has 0 radical (unpaired) electrons. The Bertz CT molecular complexity index is 572. The van der Waals surface area contributed by atoms with E-state index in [1.54, 1.807) is 6.07 Å². The molecule has 5 heteroatoms. The second-order valence-corrected chi connectivity index (χ2v) is 4.10. The van der Waals surface area contributed by atoms with Crippen molar-refractivity contribution >= 4 is 17.3 Å². The van der Waals surface area contributed by atoms with Gasteiger partial charge in [-0.3, -0.25) is 0 Å². The highest BCUT2D eigenvalue weighted by atomic mass is 35.5. The van der Waals surface area contributed by atoms with Gasteiger partial charge in [0.25, 0.3) is 0 Å². The van der Waals surface area contributed by atoms with Crippen LogP contribution in [-0.4, -0.2) is 0 Å². The Balaban J connectivity index is 2.14. The zero-order valence-electron chi connectivity index (χ0n) is 9.18. The first-order valence-electron chi connectivity index (χ1n) is 5.20. The molecule has 1 N–H and O–H groups in total. The third-order valence-corrected chi connectivity index (χ3v) is 2.73. The van der Waals surface area contributed by atoms with Crippen LogP contribution in [0.3, 0.4) is 0 Å². The highest BCUT2D eigenvalue weighted by Gasteiger charge is 2.07. The molecule has 18 heavy (non-hydrogen) atoms. The van der Waals surface area contributed by atoms with Crippen molar-refractivity contribution < 1.29 is 13.2 Å². The first-order valence-corrected chi connectivity index (χ1v) is 5.57. The Kier molecular flexibility index (Phi) is 3.77. The van der Waals surface area contributed by atoms with Gasteiger partial charge in [0, 0.05) is 18.2 Å². The molecule has 0 amide bonds. The summed E-state index contributed by atoms with van der Waals surface area (Å²) in [7, 11) is 0. The van der Waals surface area contributed by atoms with Gasteiger partial charge in [0.15, 0.2) is 5.82 Å². The number of nitrogens with one attached hydrogen (secondary N) is 1. The van der Waals surface area contributed by atoms with Crippen molar-refractivity contribution in [1.29, 1.82) is 0 Å². The first kappa shape index (κ1) is 12.8. The fourth-order valence-corrected chi connectivity index (χ4v) is 1.67. The van der Waals surface area contributed by atoms with Gasteiger partial charge in [0.2, 0.25) is 0 Å². The van der Waals surface area contributed by atoms with Crippen LogP contribution in [0.2, 0.25) is 5.02 Å². The zero-order chi connectivity index (χ0) is 13.1. The molecule has 0 saturated heterocycles. The molecule has 1 nitrogen and oxygen atoms in total. The van der Waals surface area contributed by atoms with E-state index in [1.165, 1.54) is 18.2 Å². The van der Waals surface area contributed by atoms with Crippen LogP contribution in [0.4, 0.5) is 18.9 Å². The number of hydrogen-bond donors (Lipinski definition) is 1. The lowest BCUT2D eigenvalue weighted by Crippen LogP contribution is -2.04. The first-order chi connectivity index (χ1) is 8.58. The Morgan fingerprint density at radius 2 is 1.83 bits per heavy atom. The fraction of sp³-hybridized carbons (Fsp3) is 0.0769. The monoisotopic (exact) mass is 271 g/mol. The number of rotatable bonds is 3. The van der Waals surface area contributed by atoms with Crippen LogP contribution in [0.25, 0.3) is 0 Å². The molecular weight excluding hydrogens is 263 g/mol. The van der Waals surface area contributed by atoms with Crippen molar-refractivity contribution in [2.75, 3.05) is 5.32 Å². The summed E-state index contributed by atoms with van der Waals surface area (Å²) in [4.78, 5) is 0. The standard InChI is InChI=1S/C13H9ClF3N/c14-10-2-1-3-12(13(10)17)18-7-8-4-5-9(15)6-11(8)16/h1-6,18H,7H2. The van der Waals surface area contributed by atoms with Crippen LogP contribution in [0.15, 0.2) is 36.4 Å². The molecule has 0 aliphatic rings. The molecule has 0 unspecified atom stereocenters. The van der Waals surface area contributed by atoms with Gasteiger partial charge >= 0.3 is 0 Å². The minimum atomic E-state index is -0.676. The lowest BCUT2D eigenvalue weighted by atomic mass is 10.2. The quantitative estimate of drug-likeness (QED) is 0.874. The maximum atomic E-state index is 13.5. The number of anilines is 1. The maximum Gasteiger partial charge on any atom is 0.164 e. The molecule has 94 valence electrons. The zero-order valence-corrected chi connectivity index (χ0v) is 9.94. The summed E-state index contributed by atoms with van der Waals surface area (Å²) >= 11 is 5.61. The topological polar surface area (TPSA) is 12.0 Å².